The summed E-state index contributed by atoms with van der Waals surface area (Å²) in [6.45, 7) is 0.580. The van der Waals surface area contributed by atoms with Crippen molar-refractivity contribution in [1.29, 1.82) is 0 Å². The van der Waals surface area contributed by atoms with Crippen LogP contribution in [0.25, 0.3) is 0 Å². The lowest BCUT2D eigenvalue weighted by atomic mass is 9.81. The van der Waals surface area contributed by atoms with E-state index >= 15 is 0 Å². The van der Waals surface area contributed by atoms with Gasteiger partial charge in [0.2, 0.25) is 0 Å². The fraction of sp³-hybridized carbons (Fsp3) is 0.500. The highest BCUT2D eigenvalue weighted by Crippen LogP contribution is 2.31. The van der Waals surface area contributed by atoms with Gasteiger partial charge in [-0.1, -0.05) is 12.1 Å². The smallest absolute Gasteiger partial charge is 0.123 e. The zero-order valence-corrected chi connectivity index (χ0v) is 10.7. The molecular formula is C12H15Cl2FO. The minimum Gasteiger partial charge on any atom is -0.385 e. The quantitative estimate of drug-likeness (QED) is 0.714. The second kappa shape index (κ2) is 6.43. The largest absolute Gasteiger partial charge is 0.385 e. The number of ether oxygens (including phenoxy) is 1. The monoisotopic (exact) mass is 264 g/mol. The molecule has 0 aliphatic heterocycles. The molecule has 16 heavy (non-hydrogen) atoms. The second-order valence-corrected chi connectivity index (χ2v) is 4.33. The van der Waals surface area contributed by atoms with Crippen molar-refractivity contribution in [3.63, 3.8) is 0 Å². The zero-order chi connectivity index (χ0) is 12.0. The Hall–Kier alpha value is -0.310. The Balaban J connectivity index is 2.95. The highest BCUT2D eigenvalue weighted by Gasteiger charge is 2.30. The average molecular weight is 265 g/mol. The molecule has 0 aromatic heterocycles. The van der Waals surface area contributed by atoms with Crippen LogP contribution in [0.15, 0.2) is 24.3 Å². The van der Waals surface area contributed by atoms with Gasteiger partial charge in [-0.2, -0.15) is 0 Å². The number of benzene rings is 1. The minimum atomic E-state index is -0.340. The van der Waals surface area contributed by atoms with E-state index in [2.05, 4.69) is 0 Å². The molecule has 0 unspecified atom stereocenters. The molecule has 1 aromatic rings. The maximum Gasteiger partial charge on any atom is 0.123 e. The van der Waals surface area contributed by atoms with Crippen molar-refractivity contribution in [2.24, 2.45) is 0 Å². The molecule has 0 bridgehead atoms. The standard InChI is InChI=1S/C12H15Cl2FO/c1-16-7-6-12(8-13,9-14)10-2-4-11(15)5-3-10/h2-5H,6-9H2,1H3. The van der Waals surface area contributed by atoms with Crippen LogP contribution in [0.5, 0.6) is 0 Å². The Morgan fingerprint density at radius 3 is 2.19 bits per heavy atom. The number of alkyl halides is 2. The molecule has 0 saturated carbocycles. The molecule has 0 spiro atoms. The van der Waals surface area contributed by atoms with Crippen molar-refractivity contribution in [2.75, 3.05) is 25.5 Å². The molecule has 4 heteroatoms. The predicted molar refractivity (Wildman–Crippen MR) is 66.0 cm³/mol. The van der Waals surface area contributed by atoms with E-state index in [9.17, 15) is 4.39 Å². The van der Waals surface area contributed by atoms with Crippen LogP contribution >= 0.6 is 23.2 Å². The van der Waals surface area contributed by atoms with Crippen molar-refractivity contribution in [3.8, 4) is 0 Å². The highest BCUT2D eigenvalue weighted by molar-refractivity contribution is 6.22. The Morgan fingerprint density at radius 2 is 1.75 bits per heavy atom. The van der Waals surface area contributed by atoms with Gasteiger partial charge in [-0.3, -0.25) is 0 Å². The summed E-state index contributed by atoms with van der Waals surface area (Å²) in [4.78, 5) is 0. The van der Waals surface area contributed by atoms with Gasteiger partial charge in [-0.15, -0.1) is 23.2 Å². The Labute approximate surface area is 106 Å². The number of halogens is 3. The minimum absolute atomic E-state index is 0.256. The molecule has 0 aliphatic carbocycles. The fourth-order valence-electron chi connectivity index (χ4n) is 1.57. The van der Waals surface area contributed by atoms with E-state index in [-0.39, 0.29) is 11.2 Å². The summed E-state index contributed by atoms with van der Waals surface area (Å²) in [7, 11) is 1.64. The van der Waals surface area contributed by atoms with E-state index < -0.39 is 0 Å². The van der Waals surface area contributed by atoms with Crippen molar-refractivity contribution >= 4 is 23.2 Å². The van der Waals surface area contributed by atoms with Gasteiger partial charge in [0.1, 0.15) is 5.82 Å². The molecule has 1 nitrogen and oxygen atoms in total. The molecule has 0 heterocycles. The molecule has 0 N–H and O–H groups in total. The second-order valence-electron chi connectivity index (χ2n) is 3.80. The Morgan fingerprint density at radius 1 is 1.19 bits per heavy atom. The third kappa shape index (κ3) is 3.09. The van der Waals surface area contributed by atoms with Gasteiger partial charge >= 0.3 is 0 Å². The maximum atomic E-state index is 12.8. The van der Waals surface area contributed by atoms with Crippen molar-refractivity contribution < 1.29 is 9.13 Å². The van der Waals surface area contributed by atoms with Crippen LogP contribution in [0, 0.1) is 5.82 Å². The summed E-state index contributed by atoms with van der Waals surface area (Å²) in [6.07, 6.45) is 0.724. The average Bonchev–Trinajstić information content (AvgIpc) is 2.33. The highest BCUT2D eigenvalue weighted by atomic mass is 35.5. The van der Waals surface area contributed by atoms with Crippen LogP contribution in [0.4, 0.5) is 4.39 Å². The van der Waals surface area contributed by atoms with E-state index in [4.69, 9.17) is 27.9 Å². The van der Waals surface area contributed by atoms with Gasteiger partial charge < -0.3 is 4.74 Å². The first-order chi connectivity index (χ1) is 7.68. The van der Waals surface area contributed by atoms with Crippen molar-refractivity contribution in [3.05, 3.63) is 35.6 Å². The molecule has 0 radical (unpaired) electrons. The maximum absolute atomic E-state index is 12.8. The molecule has 90 valence electrons. The molecule has 0 aliphatic rings. The summed E-state index contributed by atoms with van der Waals surface area (Å²) in [6, 6.07) is 6.32. The third-order valence-corrected chi connectivity index (χ3v) is 3.78. The third-order valence-electron chi connectivity index (χ3n) is 2.75. The fourth-order valence-corrected chi connectivity index (χ4v) is 2.43. The van der Waals surface area contributed by atoms with E-state index in [0.717, 1.165) is 12.0 Å². The predicted octanol–water partition coefficient (Wildman–Crippen LogP) is 3.58. The normalized spacial score (nSPS) is 11.8. The summed E-state index contributed by atoms with van der Waals surface area (Å²) in [5.74, 6) is 0.533. The van der Waals surface area contributed by atoms with Gasteiger partial charge in [0.15, 0.2) is 0 Å². The first-order valence-electron chi connectivity index (χ1n) is 5.05. The molecule has 1 rings (SSSR count). The molecular weight excluding hydrogens is 250 g/mol. The number of hydrogen-bond donors (Lipinski definition) is 0. The van der Waals surface area contributed by atoms with Crippen LogP contribution in [0.2, 0.25) is 0 Å². The van der Waals surface area contributed by atoms with Gasteiger partial charge in [0, 0.05) is 30.9 Å². The lowest BCUT2D eigenvalue weighted by Gasteiger charge is -2.30. The number of hydrogen-bond acceptors (Lipinski definition) is 1. The Bertz CT molecular complexity index is 309. The van der Waals surface area contributed by atoms with Gasteiger partial charge in [-0.25, -0.2) is 4.39 Å². The number of methoxy groups -OCH3 is 1. The van der Waals surface area contributed by atoms with Crippen LogP contribution in [-0.2, 0) is 10.2 Å². The van der Waals surface area contributed by atoms with E-state index in [0.29, 0.717) is 18.4 Å². The lowest BCUT2D eigenvalue weighted by Crippen LogP contribution is -2.32. The summed E-state index contributed by atoms with van der Waals surface area (Å²) < 4.78 is 17.9. The van der Waals surface area contributed by atoms with Crippen LogP contribution in [0.3, 0.4) is 0 Å². The summed E-state index contributed by atoms with van der Waals surface area (Å²) in [5.41, 5.74) is 0.614. The molecule has 0 amide bonds. The van der Waals surface area contributed by atoms with E-state index in [1.807, 2.05) is 0 Å². The van der Waals surface area contributed by atoms with Crippen LogP contribution < -0.4 is 0 Å². The Kier molecular flexibility index (Phi) is 5.53. The van der Waals surface area contributed by atoms with Gasteiger partial charge in [0.25, 0.3) is 0 Å². The molecule has 0 atom stereocenters. The van der Waals surface area contributed by atoms with Crippen molar-refractivity contribution in [2.45, 2.75) is 11.8 Å². The van der Waals surface area contributed by atoms with Crippen LogP contribution in [-0.4, -0.2) is 25.5 Å². The first kappa shape index (κ1) is 13.8. The van der Waals surface area contributed by atoms with E-state index in [1.54, 1.807) is 19.2 Å². The SMILES string of the molecule is COCCC(CCl)(CCl)c1ccc(F)cc1. The molecule has 0 fully saturated rings. The van der Waals surface area contributed by atoms with E-state index in [1.165, 1.54) is 12.1 Å². The first-order valence-corrected chi connectivity index (χ1v) is 6.12. The lowest BCUT2D eigenvalue weighted by molar-refractivity contribution is 0.176. The molecule has 1 aromatic carbocycles. The van der Waals surface area contributed by atoms with Crippen LogP contribution in [0.1, 0.15) is 12.0 Å². The molecule has 0 saturated heterocycles. The topological polar surface area (TPSA) is 9.23 Å². The van der Waals surface area contributed by atoms with Gasteiger partial charge in [0.05, 0.1) is 0 Å². The summed E-state index contributed by atoms with van der Waals surface area (Å²) >= 11 is 12.0. The zero-order valence-electron chi connectivity index (χ0n) is 9.18. The van der Waals surface area contributed by atoms with Gasteiger partial charge in [-0.05, 0) is 24.1 Å². The summed E-state index contributed by atoms with van der Waals surface area (Å²) in [5, 5.41) is 0. The number of rotatable bonds is 6. The van der Waals surface area contributed by atoms with Crippen molar-refractivity contribution in [1.82, 2.24) is 0 Å².